The Balaban J connectivity index is 2.41. The van der Waals surface area contributed by atoms with Gasteiger partial charge in [0.25, 0.3) is 0 Å². The Morgan fingerprint density at radius 3 is 3.00 bits per heavy atom. The summed E-state index contributed by atoms with van der Waals surface area (Å²) in [5.74, 6) is -0.428. The van der Waals surface area contributed by atoms with E-state index < -0.39 is 5.97 Å². The molecule has 88 valence electrons. The minimum Gasteiger partial charge on any atom is -0.462 e. The molecular weight excluding hydrogens is 242 g/mol. The third kappa shape index (κ3) is 2.51. The third-order valence-electron chi connectivity index (χ3n) is 2.00. The first-order valence-electron chi connectivity index (χ1n) is 4.86. The van der Waals surface area contributed by atoms with Gasteiger partial charge in [-0.3, -0.25) is 0 Å². The fourth-order valence-corrected chi connectivity index (χ4v) is 1.50. The lowest BCUT2D eigenvalue weighted by Gasteiger charge is -2.02. The molecular formula is C10H9N3O3S. The number of ether oxygens (including phenoxy) is 1. The Morgan fingerprint density at radius 1 is 1.47 bits per heavy atom. The molecule has 0 atom stereocenters. The maximum Gasteiger partial charge on any atom is 0.339 e. The van der Waals surface area contributed by atoms with Crippen LogP contribution in [0.3, 0.4) is 0 Å². The van der Waals surface area contributed by atoms with Crippen molar-refractivity contribution in [3.63, 3.8) is 0 Å². The molecule has 7 heteroatoms. The van der Waals surface area contributed by atoms with Gasteiger partial charge in [0.15, 0.2) is 5.65 Å². The molecule has 0 unspecified atom stereocenters. The summed E-state index contributed by atoms with van der Waals surface area (Å²) < 4.78 is 13.7. The van der Waals surface area contributed by atoms with Crippen LogP contribution in [0.5, 0.6) is 0 Å². The third-order valence-corrected chi connectivity index (χ3v) is 2.36. The second kappa shape index (κ2) is 5.07. The van der Waals surface area contributed by atoms with Crippen LogP contribution in [-0.4, -0.2) is 32.1 Å². The van der Waals surface area contributed by atoms with Crippen LogP contribution in [0.25, 0.3) is 11.0 Å². The first-order valence-corrected chi connectivity index (χ1v) is 5.63. The second-order valence-corrected chi connectivity index (χ2v) is 3.65. The van der Waals surface area contributed by atoms with Crippen LogP contribution >= 0.6 is 12.0 Å². The van der Waals surface area contributed by atoms with Crippen molar-refractivity contribution in [2.75, 3.05) is 6.61 Å². The van der Waals surface area contributed by atoms with Crippen LogP contribution < -0.4 is 0 Å². The summed E-state index contributed by atoms with van der Waals surface area (Å²) in [6.07, 6.45) is 2.88. The van der Waals surface area contributed by atoms with E-state index in [2.05, 4.69) is 15.0 Å². The smallest absolute Gasteiger partial charge is 0.339 e. The highest BCUT2D eigenvalue weighted by atomic mass is 32.2. The Labute approximate surface area is 101 Å². The van der Waals surface area contributed by atoms with Gasteiger partial charge in [0, 0.05) is 17.8 Å². The highest BCUT2D eigenvalue weighted by Gasteiger charge is 2.09. The van der Waals surface area contributed by atoms with Crippen molar-refractivity contribution < 1.29 is 14.1 Å². The van der Waals surface area contributed by atoms with Crippen molar-refractivity contribution in [1.82, 2.24) is 15.0 Å². The number of hydrogen-bond acceptors (Lipinski definition) is 7. The fraction of sp³-hybridized carbons (Fsp3) is 0.200. The first kappa shape index (κ1) is 11.7. The molecule has 2 aromatic rings. The second-order valence-electron chi connectivity index (χ2n) is 3.10. The predicted octanol–water partition coefficient (Wildman–Crippen LogP) is 1.77. The molecule has 2 heterocycles. The van der Waals surface area contributed by atoms with Crippen LogP contribution in [0, 0.1) is 0 Å². The zero-order chi connectivity index (χ0) is 12.3. The average Bonchev–Trinajstić information content (AvgIpc) is 2.37. The summed E-state index contributed by atoms with van der Waals surface area (Å²) in [6, 6.07) is 1.60. The van der Waals surface area contributed by atoms with Crippen LogP contribution in [0.1, 0.15) is 17.3 Å². The monoisotopic (exact) mass is 251 g/mol. The van der Waals surface area contributed by atoms with E-state index in [4.69, 9.17) is 9.29 Å². The van der Waals surface area contributed by atoms with Gasteiger partial charge in [0.05, 0.1) is 24.2 Å². The van der Waals surface area contributed by atoms with E-state index in [-0.39, 0.29) is 5.16 Å². The highest BCUT2D eigenvalue weighted by Crippen LogP contribution is 2.14. The maximum atomic E-state index is 11.5. The van der Waals surface area contributed by atoms with Crippen molar-refractivity contribution >= 4 is 29.0 Å². The minimum absolute atomic E-state index is 0.217. The molecule has 2 aromatic heterocycles. The van der Waals surface area contributed by atoms with Crippen LogP contribution in [0.4, 0.5) is 0 Å². The molecule has 0 saturated carbocycles. The van der Waals surface area contributed by atoms with Crippen LogP contribution in [0.15, 0.2) is 23.6 Å². The van der Waals surface area contributed by atoms with E-state index in [9.17, 15) is 4.79 Å². The maximum absolute atomic E-state index is 11.5. The Kier molecular flexibility index (Phi) is 3.50. The van der Waals surface area contributed by atoms with Crippen molar-refractivity contribution in [3.8, 4) is 0 Å². The number of carbonyl (C=O) groups is 1. The Hall–Kier alpha value is -1.73. The number of carbonyl (C=O) groups excluding carboxylic acids is 1. The fourth-order valence-electron chi connectivity index (χ4n) is 1.28. The minimum atomic E-state index is -0.428. The number of aromatic nitrogens is 3. The molecule has 1 N–H and O–H groups in total. The van der Waals surface area contributed by atoms with E-state index in [1.54, 1.807) is 13.0 Å². The Bertz CT molecular complexity index is 561. The van der Waals surface area contributed by atoms with Gasteiger partial charge in [-0.15, -0.1) is 0 Å². The zero-order valence-electron chi connectivity index (χ0n) is 8.95. The number of esters is 1. The Morgan fingerprint density at radius 2 is 2.29 bits per heavy atom. The summed E-state index contributed by atoms with van der Waals surface area (Å²) in [7, 11) is 0. The van der Waals surface area contributed by atoms with Crippen molar-refractivity contribution in [3.05, 3.63) is 24.0 Å². The van der Waals surface area contributed by atoms with Gasteiger partial charge in [0.1, 0.15) is 0 Å². The van der Waals surface area contributed by atoms with E-state index >= 15 is 0 Å². The highest BCUT2D eigenvalue weighted by molar-refractivity contribution is 7.93. The number of rotatable bonds is 3. The average molecular weight is 251 g/mol. The first-order chi connectivity index (χ1) is 8.24. The molecule has 0 radical (unpaired) electrons. The molecule has 2 rings (SSSR count). The summed E-state index contributed by atoms with van der Waals surface area (Å²) in [5, 5.41) is 0.835. The molecule has 0 bridgehead atoms. The van der Waals surface area contributed by atoms with Gasteiger partial charge in [0.2, 0.25) is 5.16 Å². The number of pyridine rings is 1. The number of nitrogens with zero attached hydrogens (tertiary/aromatic N) is 3. The molecule has 0 amide bonds. The normalized spacial score (nSPS) is 10.5. The van der Waals surface area contributed by atoms with E-state index in [0.29, 0.717) is 35.2 Å². The van der Waals surface area contributed by atoms with Crippen LogP contribution in [-0.2, 0) is 4.74 Å². The SMILES string of the molecule is CCOC(=O)c1cnc2nc(SO)ncc2c1. The van der Waals surface area contributed by atoms with Gasteiger partial charge >= 0.3 is 5.97 Å². The van der Waals surface area contributed by atoms with Gasteiger partial charge in [-0.05, 0) is 13.0 Å². The molecule has 0 fully saturated rings. The van der Waals surface area contributed by atoms with Gasteiger partial charge < -0.3 is 9.29 Å². The van der Waals surface area contributed by atoms with E-state index in [0.717, 1.165) is 0 Å². The lowest BCUT2D eigenvalue weighted by molar-refractivity contribution is 0.0526. The molecule has 0 aliphatic heterocycles. The van der Waals surface area contributed by atoms with Gasteiger partial charge in [-0.2, -0.15) is 0 Å². The lowest BCUT2D eigenvalue weighted by Crippen LogP contribution is -2.05. The summed E-state index contributed by atoms with van der Waals surface area (Å²) >= 11 is 0.448. The van der Waals surface area contributed by atoms with E-state index in [1.165, 1.54) is 12.4 Å². The summed E-state index contributed by atoms with van der Waals surface area (Å²) in [4.78, 5) is 23.3. The molecule has 0 spiro atoms. The zero-order valence-corrected chi connectivity index (χ0v) is 9.77. The molecule has 17 heavy (non-hydrogen) atoms. The molecule has 0 saturated heterocycles. The quantitative estimate of drug-likeness (QED) is 0.505. The molecule has 0 aromatic carbocycles. The number of hydrogen-bond donors (Lipinski definition) is 1. The molecule has 0 aliphatic rings. The van der Waals surface area contributed by atoms with Crippen molar-refractivity contribution in [2.45, 2.75) is 12.1 Å². The van der Waals surface area contributed by atoms with E-state index in [1.807, 2.05) is 0 Å². The topological polar surface area (TPSA) is 85.2 Å². The standard InChI is InChI=1S/C10H9N3O3S/c1-2-16-9(14)7-3-6-4-12-10(17-15)13-8(6)11-5-7/h3-5,15H,2H2,1H3. The summed E-state index contributed by atoms with van der Waals surface area (Å²) in [6.45, 7) is 2.05. The van der Waals surface area contributed by atoms with Crippen molar-refractivity contribution in [2.24, 2.45) is 0 Å². The number of fused-ring (bicyclic) bond motifs is 1. The largest absolute Gasteiger partial charge is 0.462 e. The molecule has 0 aliphatic carbocycles. The van der Waals surface area contributed by atoms with Crippen LogP contribution in [0.2, 0.25) is 0 Å². The van der Waals surface area contributed by atoms with Gasteiger partial charge in [-0.1, -0.05) is 0 Å². The molecule has 6 nitrogen and oxygen atoms in total. The van der Waals surface area contributed by atoms with Crippen molar-refractivity contribution in [1.29, 1.82) is 0 Å². The summed E-state index contributed by atoms with van der Waals surface area (Å²) in [5.41, 5.74) is 0.775. The van der Waals surface area contributed by atoms with Gasteiger partial charge in [-0.25, -0.2) is 19.7 Å². The lowest BCUT2D eigenvalue weighted by atomic mass is 10.2. The predicted molar refractivity (Wildman–Crippen MR) is 61.8 cm³/mol.